The summed E-state index contributed by atoms with van der Waals surface area (Å²) in [6, 6.07) is 0. The molecule has 0 saturated carbocycles. The van der Waals surface area contributed by atoms with Crippen LogP contribution < -0.4 is 5.32 Å². The summed E-state index contributed by atoms with van der Waals surface area (Å²) in [5.41, 5.74) is 1.50. The second-order valence-electron chi connectivity index (χ2n) is 5.59. The average molecular weight is 339 g/mol. The molecule has 108 valence electrons. The zero-order valence-corrected chi connectivity index (χ0v) is 13.7. The summed E-state index contributed by atoms with van der Waals surface area (Å²) in [7, 11) is 0. The highest BCUT2D eigenvalue weighted by Crippen LogP contribution is 2.33. The first kappa shape index (κ1) is 14.9. The first-order chi connectivity index (χ1) is 9.43. The predicted molar refractivity (Wildman–Crippen MR) is 82.6 cm³/mol. The molecule has 7 heteroatoms. The summed E-state index contributed by atoms with van der Waals surface area (Å²) in [5, 5.41) is 13.8. The van der Waals surface area contributed by atoms with Gasteiger partial charge in [-0.05, 0) is 22.4 Å². The van der Waals surface area contributed by atoms with Crippen LogP contribution in [0.1, 0.15) is 39.8 Å². The Morgan fingerprint density at radius 2 is 2.05 bits per heavy atom. The smallest absolute Gasteiger partial charge is 0.184 e. The highest BCUT2D eigenvalue weighted by Gasteiger charge is 2.24. The third-order valence-electron chi connectivity index (χ3n) is 2.75. The molecule has 2 rings (SSSR count). The summed E-state index contributed by atoms with van der Waals surface area (Å²) in [6.45, 7) is 9.34. The largest absolute Gasteiger partial charge is 0.369 e. The molecular formula is C13H19BrN6. The van der Waals surface area contributed by atoms with Crippen molar-refractivity contribution in [1.29, 1.82) is 0 Å². The van der Waals surface area contributed by atoms with Crippen molar-refractivity contribution in [3.8, 4) is 11.5 Å². The normalized spacial score (nSPS) is 11.7. The maximum atomic E-state index is 4.63. The molecule has 0 aromatic carbocycles. The number of hydrogen-bond donors (Lipinski definition) is 2. The molecule has 20 heavy (non-hydrogen) atoms. The first-order valence-electron chi connectivity index (χ1n) is 6.61. The second kappa shape index (κ2) is 5.87. The highest BCUT2D eigenvalue weighted by atomic mass is 79.9. The lowest BCUT2D eigenvalue weighted by Gasteiger charge is -2.21. The average Bonchev–Trinajstić information content (AvgIpc) is 2.90. The number of nitrogens with one attached hydrogen (secondary N) is 2. The molecule has 0 unspecified atom stereocenters. The van der Waals surface area contributed by atoms with E-state index in [0.717, 1.165) is 29.0 Å². The molecule has 0 aliphatic carbocycles. The van der Waals surface area contributed by atoms with Gasteiger partial charge in [-0.15, -0.1) is 0 Å². The Morgan fingerprint density at radius 3 is 2.60 bits per heavy atom. The lowest BCUT2D eigenvalue weighted by molar-refractivity contribution is 0.564. The molecule has 2 aromatic rings. The van der Waals surface area contributed by atoms with E-state index in [9.17, 15) is 0 Å². The Hall–Kier alpha value is -1.50. The third-order valence-corrected chi connectivity index (χ3v) is 3.50. The van der Waals surface area contributed by atoms with Gasteiger partial charge in [0.15, 0.2) is 5.82 Å². The van der Waals surface area contributed by atoms with Gasteiger partial charge >= 0.3 is 0 Å². The molecule has 0 aliphatic heterocycles. The second-order valence-corrected chi connectivity index (χ2v) is 6.38. The van der Waals surface area contributed by atoms with Crippen LogP contribution in [0, 0.1) is 0 Å². The minimum Gasteiger partial charge on any atom is -0.369 e. The Kier molecular flexibility index (Phi) is 4.37. The predicted octanol–water partition coefficient (Wildman–Crippen LogP) is 3.14. The van der Waals surface area contributed by atoms with Crippen molar-refractivity contribution >= 4 is 21.7 Å². The molecule has 0 bridgehead atoms. The number of H-pyrrole nitrogens is 1. The van der Waals surface area contributed by atoms with Crippen LogP contribution in [0.5, 0.6) is 0 Å². The van der Waals surface area contributed by atoms with Crippen LogP contribution in [0.15, 0.2) is 10.7 Å². The number of hydrogen-bond acceptors (Lipinski definition) is 5. The lowest BCUT2D eigenvalue weighted by atomic mass is 9.92. The van der Waals surface area contributed by atoms with Gasteiger partial charge in [-0.3, -0.25) is 0 Å². The van der Waals surface area contributed by atoms with Crippen molar-refractivity contribution in [1.82, 2.24) is 25.4 Å². The van der Waals surface area contributed by atoms with Crippen molar-refractivity contribution in [2.75, 3.05) is 11.9 Å². The van der Waals surface area contributed by atoms with Crippen molar-refractivity contribution in [3.63, 3.8) is 0 Å². The fourth-order valence-corrected chi connectivity index (χ4v) is 2.64. The summed E-state index contributed by atoms with van der Waals surface area (Å²) in [6.07, 6.45) is 2.65. The molecule has 2 N–H and O–H groups in total. The van der Waals surface area contributed by atoms with E-state index in [-0.39, 0.29) is 5.41 Å². The lowest BCUT2D eigenvalue weighted by Crippen LogP contribution is -2.17. The zero-order valence-electron chi connectivity index (χ0n) is 12.2. The molecule has 0 fully saturated rings. The van der Waals surface area contributed by atoms with Gasteiger partial charge in [0.05, 0.1) is 16.4 Å². The van der Waals surface area contributed by atoms with E-state index in [1.165, 1.54) is 0 Å². The SMILES string of the molecule is CCCNc1nc(-c2cn[nH]n2)nc(C(C)(C)C)c1Br. The van der Waals surface area contributed by atoms with Crippen LogP contribution >= 0.6 is 15.9 Å². The van der Waals surface area contributed by atoms with E-state index in [1.807, 2.05) is 0 Å². The number of anilines is 1. The Morgan fingerprint density at radius 1 is 1.30 bits per heavy atom. The first-order valence-corrected chi connectivity index (χ1v) is 7.40. The van der Waals surface area contributed by atoms with Gasteiger partial charge in [0.2, 0.25) is 0 Å². The molecule has 6 nitrogen and oxygen atoms in total. The van der Waals surface area contributed by atoms with Gasteiger partial charge in [0.25, 0.3) is 0 Å². The summed E-state index contributed by atoms with van der Waals surface area (Å²) in [4.78, 5) is 9.17. The maximum Gasteiger partial charge on any atom is 0.184 e. The number of aromatic nitrogens is 5. The molecule has 2 aromatic heterocycles. The number of halogens is 1. The van der Waals surface area contributed by atoms with Gasteiger partial charge in [0, 0.05) is 12.0 Å². The van der Waals surface area contributed by atoms with Crippen LogP contribution in [0.2, 0.25) is 0 Å². The van der Waals surface area contributed by atoms with Gasteiger partial charge in [0.1, 0.15) is 11.5 Å². The van der Waals surface area contributed by atoms with Crippen LogP contribution in [-0.4, -0.2) is 31.9 Å². The van der Waals surface area contributed by atoms with Crippen LogP contribution in [-0.2, 0) is 5.41 Å². The van der Waals surface area contributed by atoms with Gasteiger partial charge in [-0.25, -0.2) is 9.97 Å². The van der Waals surface area contributed by atoms with Gasteiger partial charge in [-0.2, -0.15) is 15.4 Å². The molecule has 0 atom stereocenters. The van der Waals surface area contributed by atoms with Crippen molar-refractivity contribution in [3.05, 3.63) is 16.4 Å². The summed E-state index contributed by atoms with van der Waals surface area (Å²) < 4.78 is 0.908. The summed E-state index contributed by atoms with van der Waals surface area (Å²) >= 11 is 3.61. The van der Waals surface area contributed by atoms with Crippen molar-refractivity contribution in [2.45, 2.75) is 39.5 Å². The minimum absolute atomic E-state index is 0.0943. The number of aromatic amines is 1. The summed E-state index contributed by atoms with van der Waals surface area (Å²) in [5.74, 6) is 1.37. The molecule has 0 aliphatic rings. The topological polar surface area (TPSA) is 79.4 Å². The Bertz CT molecular complexity index is 573. The van der Waals surface area contributed by atoms with Crippen LogP contribution in [0.25, 0.3) is 11.5 Å². The van der Waals surface area contributed by atoms with E-state index < -0.39 is 0 Å². The fourth-order valence-electron chi connectivity index (χ4n) is 1.73. The standard InChI is InChI=1S/C13H19BrN6/c1-5-6-15-12-9(14)10(13(2,3)4)17-11(18-12)8-7-16-20-19-8/h7H,5-6H2,1-4H3,(H,15,17,18)(H,16,19,20). The number of rotatable bonds is 4. The molecule has 0 radical (unpaired) electrons. The quantitative estimate of drug-likeness (QED) is 0.895. The monoisotopic (exact) mass is 338 g/mol. The van der Waals surface area contributed by atoms with Gasteiger partial charge in [-0.1, -0.05) is 27.7 Å². The third kappa shape index (κ3) is 3.15. The van der Waals surface area contributed by atoms with E-state index in [1.54, 1.807) is 6.20 Å². The Labute approximate surface area is 126 Å². The minimum atomic E-state index is -0.0943. The molecule has 2 heterocycles. The van der Waals surface area contributed by atoms with Crippen molar-refractivity contribution in [2.24, 2.45) is 0 Å². The van der Waals surface area contributed by atoms with E-state index in [4.69, 9.17) is 0 Å². The maximum absolute atomic E-state index is 4.63. The molecule has 0 spiro atoms. The molecular weight excluding hydrogens is 320 g/mol. The number of nitrogens with zero attached hydrogens (tertiary/aromatic N) is 4. The van der Waals surface area contributed by atoms with Crippen LogP contribution in [0.3, 0.4) is 0 Å². The Balaban J connectivity index is 2.54. The molecule has 0 amide bonds. The highest BCUT2D eigenvalue weighted by molar-refractivity contribution is 9.10. The van der Waals surface area contributed by atoms with E-state index >= 15 is 0 Å². The van der Waals surface area contributed by atoms with E-state index in [2.05, 4.69) is 74.3 Å². The zero-order chi connectivity index (χ0) is 14.8. The molecule has 0 saturated heterocycles. The van der Waals surface area contributed by atoms with Crippen molar-refractivity contribution < 1.29 is 0 Å². The van der Waals surface area contributed by atoms with Crippen LogP contribution in [0.4, 0.5) is 5.82 Å². The van der Waals surface area contributed by atoms with Gasteiger partial charge < -0.3 is 5.32 Å². The van der Waals surface area contributed by atoms with E-state index in [0.29, 0.717) is 11.5 Å². The fraction of sp³-hybridized carbons (Fsp3) is 0.538.